The molecule has 14 heteroatoms. The second kappa shape index (κ2) is 16.9. The molecule has 0 fully saturated rings. The number of aryl methyl sites for hydroxylation is 2. The zero-order valence-electron chi connectivity index (χ0n) is 32.5. The number of para-hydroxylation sites is 1. The lowest BCUT2D eigenvalue weighted by Gasteiger charge is -2.22. The number of thioether (sulfide) groups is 1. The van der Waals surface area contributed by atoms with E-state index in [9.17, 15) is 25.9 Å². The smallest absolute Gasteiger partial charge is 0.265 e. The first-order valence-corrected chi connectivity index (χ1v) is 23.9. The number of fused-ring (bicyclic) bond motifs is 3. The molecule has 306 valence electrons. The van der Waals surface area contributed by atoms with Gasteiger partial charge in [-0.05, 0) is 70.8 Å². The Kier molecular flexibility index (Phi) is 11.2. The highest BCUT2D eigenvalue weighted by molar-refractivity contribution is 8.04. The lowest BCUT2D eigenvalue weighted by atomic mass is 10.0. The molecule has 10 nitrogen and oxygen atoms in total. The van der Waals surface area contributed by atoms with Crippen LogP contribution in [0.5, 0.6) is 5.75 Å². The van der Waals surface area contributed by atoms with E-state index in [0.717, 1.165) is 84.7 Å². The van der Waals surface area contributed by atoms with E-state index in [1.165, 1.54) is 10.9 Å². The molecular weight excluding hydrogens is 847 g/mol. The van der Waals surface area contributed by atoms with Crippen molar-refractivity contribution in [3.63, 3.8) is 0 Å². The van der Waals surface area contributed by atoms with Crippen molar-refractivity contribution in [1.82, 2.24) is 0 Å². The van der Waals surface area contributed by atoms with Crippen molar-refractivity contribution in [3.8, 4) is 28.0 Å². The summed E-state index contributed by atoms with van der Waals surface area (Å²) in [4.78, 5) is 1.39. The van der Waals surface area contributed by atoms with Crippen molar-refractivity contribution in [2.75, 3.05) is 18.1 Å². The monoisotopic (exact) mass is 883 g/mol. The molecule has 0 radical (unpaired) electrons. The molecule has 9 rings (SSSR count). The summed E-state index contributed by atoms with van der Waals surface area (Å²) in [5, 5.41) is 3.15. The Labute approximate surface area is 362 Å². The third-order valence-electron chi connectivity index (χ3n) is 10.5. The maximum absolute atomic E-state index is 12.2. The van der Waals surface area contributed by atoms with Crippen LogP contribution in [0.1, 0.15) is 11.4 Å². The van der Waals surface area contributed by atoms with Crippen LogP contribution in [0.25, 0.3) is 49.4 Å². The van der Waals surface area contributed by atoms with Crippen LogP contribution in [0.2, 0.25) is 0 Å². The van der Waals surface area contributed by atoms with Crippen molar-refractivity contribution in [2.24, 2.45) is 0 Å². The fourth-order valence-corrected chi connectivity index (χ4v) is 11.1. The number of aromatic nitrogens is 2. The van der Waals surface area contributed by atoms with Gasteiger partial charge in [0, 0.05) is 28.5 Å². The average Bonchev–Trinajstić information content (AvgIpc) is 3.79. The number of ether oxygens (including phenoxy) is 1. The first-order valence-electron chi connectivity index (χ1n) is 19.4. The Balaban J connectivity index is 1.09. The molecule has 61 heavy (non-hydrogen) atoms. The summed E-state index contributed by atoms with van der Waals surface area (Å²) in [6.07, 6.45) is 5.18. The summed E-state index contributed by atoms with van der Waals surface area (Å²) < 4.78 is 83.4. The van der Waals surface area contributed by atoms with Crippen LogP contribution in [0, 0.1) is 0 Å². The van der Waals surface area contributed by atoms with Gasteiger partial charge in [0.05, 0.1) is 39.5 Å². The van der Waals surface area contributed by atoms with Gasteiger partial charge >= 0.3 is 0 Å². The SMILES string of the molecule is O=S(=O)([O-])c1ccc(OCCN2C(=Cc3sc4ccc(-c5ccccc5)cc4[n+]3CCC[n+]3cccc4ccccc43)Sc3ccc(-c4ccccc4)cc32)c(S(=O)(=O)[O-])c1. The number of hydrogen-bond acceptors (Lipinski definition) is 10. The Hall–Kier alpha value is -5.87. The van der Waals surface area contributed by atoms with E-state index in [2.05, 4.69) is 111 Å². The molecule has 0 aliphatic carbocycles. The van der Waals surface area contributed by atoms with Gasteiger partial charge in [0.1, 0.15) is 37.3 Å². The van der Waals surface area contributed by atoms with Gasteiger partial charge in [0.25, 0.3) is 5.01 Å². The topological polar surface area (TPSA) is 135 Å². The van der Waals surface area contributed by atoms with Crippen LogP contribution < -0.4 is 18.8 Å². The second-order valence-electron chi connectivity index (χ2n) is 14.4. The quantitative estimate of drug-likeness (QED) is 0.0823. The predicted molar refractivity (Wildman–Crippen MR) is 237 cm³/mol. The second-order valence-corrected chi connectivity index (χ2v) is 19.3. The molecule has 1 aliphatic rings. The zero-order chi connectivity index (χ0) is 42.1. The van der Waals surface area contributed by atoms with Gasteiger partial charge < -0.3 is 18.7 Å². The Morgan fingerprint density at radius 3 is 2.08 bits per heavy atom. The number of anilines is 1. The Morgan fingerprint density at radius 2 is 1.34 bits per heavy atom. The van der Waals surface area contributed by atoms with Crippen molar-refractivity contribution < 1.29 is 39.8 Å². The molecule has 2 aromatic heterocycles. The Bertz CT molecular complexity index is 3190. The normalized spacial score (nSPS) is 13.6. The van der Waals surface area contributed by atoms with Crippen molar-refractivity contribution in [2.45, 2.75) is 34.2 Å². The third kappa shape index (κ3) is 8.69. The zero-order valence-corrected chi connectivity index (χ0v) is 35.7. The summed E-state index contributed by atoms with van der Waals surface area (Å²) >= 11 is 3.32. The third-order valence-corrected chi connectivity index (χ3v) is 14.5. The molecule has 0 unspecified atom stereocenters. The molecule has 0 spiro atoms. The minimum absolute atomic E-state index is 0.0754. The van der Waals surface area contributed by atoms with E-state index in [1.54, 1.807) is 23.1 Å². The van der Waals surface area contributed by atoms with Crippen LogP contribution in [0.4, 0.5) is 5.69 Å². The van der Waals surface area contributed by atoms with Gasteiger partial charge in [-0.3, -0.25) is 0 Å². The molecule has 6 aromatic carbocycles. The average molecular weight is 884 g/mol. The molecular formula is C47H37N3O7S4. The summed E-state index contributed by atoms with van der Waals surface area (Å²) in [5.74, 6) is -0.335. The molecule has 0 N–H and O–H groups in total. The van der Waals surface area contributed by atoms with Crippen LogP contribution in [0.15, 0.2) is 178 Å². The molecule has 0 amide bonds. The van der Waals surface area contributed by atoms with Crippen molar-refractivity contribution >= 4 is 76.2 Å². The van der Waals surface area contributed by atoms with E-state index >= 15 is 0 Å². The van der Waals surface area contributed by atoms with Gasteiger partial charge in [-0.1, -0.05) is 108 Å². The standard InChI is InChI=1S/C47H37N3O7S4/c51-60(52,53)38-20-21-42(45(31-38)61(54,55)56)57-28-27-50-41-30-37(34-13-5-2-6-14-34)19-23-44(41)59-47(50)32-46-49(26-10-25-48-24-9-16-35-15-7-8-17-39(35)48)40-29-36(18-22-43(40)58-46)33-11-3-1-4-12-33/h1-9,11-24,29-32H,10,25-28H2. The molecule has 0 atom stereocenters. The fraction of sp³-hybridized carbons (Fsp3) is 0.106. The molecule has 3 heterocycles. The summed E-state index contributed by atoms with van der Waals surface area (Å²) in [7, 11) is -10.2. The minimum Gasteiger partial charge on any atom is -0.744 e. The van der Waals surface area contributed by atoms with E-state index in [-0.39, 0.29) is 18.9 Å². The summed E-state index contributed by atoms with van der Waals surface area (Å²) in [6, 6.07) is 48.4. The lowest BCUT2D eigenvalue weighted by molar-refractivity contribution is -0.701. The molecule has 0 saturated heterocycles. The highest BCUT2D eigenvalue weighted by atomic mass is 32.2. The molecule has 0 saturated carbocycles. The molecule has 1 aliphatic heterocycles. The van der Waals surface area contributed by atoms with Crippen molar-refractivity contribution in [3.05, 3.63) is 168 Å². The van der Waals surface area contributed by atoms with E-state index in [1.807, 2.05) is 48.5 Å². The maximum atomic E-state index is 12.2. The predicted octanol–water partition coefficient (Wildman–Crippen LogP) is 8.85. The largest absolute Gasteiger partial charge is 0.744 e. The minimum atomic E-state index is -5.19. The Morgan fingerprint density at radius 1 is 0.656 bits per heavy atom. The number of nitrogens with zero attached hydrogens (tertiary/aromatic N) is 3. The number of benzene rings is 6. The van der Waals surface area contributed by atoms with Crippen molar-refractivity contribution in [1.29, 1.82) is 0 Å². The molecule has 0 bridgehead atoms. The highest BCUT2D eigenvalue weighted by Gasteiger charge is 2.29. The van der Waals surface area contributed by atoms with Gasteiger partial charge in [-0.2, -0.15) is 9.13 Å². The molecule has 8 aromatic rings. The van der Waals surface area contributed by atoms with Crippen LogP contribution in [0.3, 0.4) is 0 Å². The first-order chi connectivity index (χ1) is 29.5. The fourth-order valence-electron chi connectivity index (χ4n) is 7.62. The number of pyridine rings is 1. The van der Waals surface area contributed by atoms with Gasteiger partial charge in [-0.15, -0.1) is 0 Å². The number of thiazole rings is 1. The van der Waals surface area contributed by atoms with Crippen LogP contribution in [-0.2, 0) is 33.3 Å². The van der Waals surface area contributed by atoms with Crippen LogP contribution >= 0.6 is 23.1 Å². The highest BCUT2D eigenvalue weighted by Crippen LogP contribution is 2.48. The summed E-state index contributed by atoms with van der Waals surface area (Å²) in [5.41, 5.74) is 7.54. The van der Waals surface area contributed by atoms with E-state index < -0.39 is 30.0 Å². The summed E-state index contributed by atoms with van der Waals surface area (Å²) in [6.45, 7) is 1.72. The lowest BCUT2D eigenvalue weighted by Crippen LogP contribution is -2.40. The van der Waals surface area contributed by atoms with Gasteiger partial charge in [0.2, 0.25) is 11.0 Å². The number of hydrogen-bond donors (Lipinski definition) is 0. The van der Waals surface area contributed by atoms with Crippen LogP contribution in [-0.4, -0.2) is 39.1 Å². The first kappa shape index (κ1) is 40.5. The van der Waals surface area contributed by atoms with Gasteiger partial charge in [0.15, 0.2) is 19.3 Å². The van der Waals surface area contributed by atoms with E-state index in [4.69, 9.17) is 4.74 Å². The van der Waals surface area contributed by atoms with E-state index in [0.29, 0.717) is 6.07 Å². The number of rotatable bonds is 13. The maximum Gasteiger partial charge on any atom is 0.265 e. The van der Waals surface area contributed by atoms with Gasteiger partial charge in [-0.25, -0.2) is 16.8 Å².